The van der Waals surface area contributed by atoms with Crippen LogP contribution in [0.2, 0.25) is 5.02 Å². The zero-order chi connectivity index (χ0) is 14.9. The fraction of sp³-hybridized carbons (Fsp3) is 0.588. The minimum absolute atomic E-state index is 0.0273. The van der Waals surface area contributed by atoms with Gasteiger partial charge in [0.2, 0.25) is 0 Å². The molecule has 0 amide bonds. The Hall–Kier alpha value is -0.380. The Kier molecular flexibility index (Phi) is 4.72. The molecule has 4 heteroatoms. The van der Waals surface area contributed by atoms with E-state index in [2.05, 4.69) is 15.9 Å². The van der Waals surface area contributed by atoms with E-state index in [0.717, 1.165) is 35.7 Å². The van der Waals surface area contributed by atoms with Crippen molar-refractivity contribution in [1.82, 2.24) is 0 Å². The van der Waals surface area contributed by atoms with Gasteiger partial charge < -0.3 is 4.74 Å². The van der Waals surface area contributed by atoms with E-state index in [1.54, 1.807) is 6.07 Å². The summed E-state index contributed by atoms with van der Waals surface area (Å²) in [6.07, 6.45) is 7.70. The Morgan fingerprint density at radius 3 is 2.76 bits per heavy atom. The number of hydrogen-bond acceptors (Lipinski definition) is 2. The predicted octanol–water partition coefficient (Wildman–Crippen LogP) is 5.41. The van der Waals surface area contributed by atoms with Crippen LogP contribution in [-0.4, -0.2) is 18.0 Å². The van der Waals surface area contributed by atoms with Crippen LogP contribution >= 0.6 is 27.5 Å². The fourth-order valence-electron chi connectivity index (χ4n) is 3.68. The zero-order valence-electron chi connectivity index (χ0n) is 12.0. The summed E-state index contributed by atoms with van der Waals surface area (Å²) in [5.74, 6) is 0.325. The van der Waals surface area contributed by atoms with Crippen molar-refractivity contribution in [2.45, 2.75) is 50.5 Å². The Labute approximate surface area is 139 Å². The van der Waals surface area contributed by atoms with E-state index in [1.807, 2.05) is 12.1 Å². The fourth-order valence-corrected chi connectivity index (χ4v) is 4.18. The third-order valence-corrected chi connectivity index (χ3v) is 6.05. The van der Waals surface area contributed by atoms with Crippen molar-refractivity contribution >= 4 is 33.3 Å². The van der Waals surface area contributed by atoms with E-state index in [1.165, 1.54) is 19.3 Å². The van der Waals surface area contributed by atoms with Crippen LogP contribution in [0.25, 0.3) is 0 Å². The number of Topliss-reactive ketones (excluding diaryl/α,β-unsaturated/α-hetero) is 1. The molecule has 0 radical (unpaired) electrons. The first-order chi connectivity index (χ1) is 10.1. The lowest BCUT2D eigenvalue weighted by Crippen LogP contribution is -2.43. The SMILES string of the molecule is O=C(c1ccc(Cl)c(Br)c1)C1CCOC2(CCCCC2)C1. The highest BCUT2D eigenvalue weighted by Crippen LogP contribution is 2.41. The van der Waals surface area contributed by atoms with E-state index in [-0.39, 0.29) is 17.3 Å². The maximum atomic E-state index is 12.8. The summed E-state index contributed by atoms with van der Waals surface area (Å²) in [5, 5.41) is 0.641. The van der Waals surface area contributed by atoms with E-state index in [4.69, 9.17) is 16.3 Å². The predicted molar refractivity (Wildman–Crippen MR) is 88.0 cm³/mol. The molecule has 1 unspecified atom stereocenters. The van der Waals surface area contributed by atoms with E-state index in [0.29, 0.717) is 11.6 Å². The molecular weight excluding hydrogens is 352 g/mol. The second-order valence-corrected chi connectivity index (χ2v) is 7.54. The molecule has 1 heterocycles. The number of benzene rings is 1. The van der Waals surface area contributed by atoms with Crippen molar-refractivity contribution in [3.05, 3.63) is 33.3 Å². The van der Waals surface area contributed by atoms with Crippen LogP contribution in [0.15, 0.2) is 22.7 Å². The summed E-state index contributed by atoms with van der Waals surface area (Å²) in [6.45, 7) is 0.713. The number of halogens is 2. The number of rotatable bonds is 2. The quantitative estimate of drug-likeness (QED) is 0.649. The van der Waals surface area contributed by atoms with Crippen LogP contribution in [0.3, 0.4) is 0 Å². The average Bonchev–Trinajstić information content (AvgIpc) is 2.50. The van der Waals surface area contributed by atoms with Crippen LogP contribution in [-0.2, 0) is 4.74 Å². The van der Waals surface area contributed by atoms with E-state index < -0.39 is 0 Å². The summed E-state index contributed by atoms with van der Waals surface area (Å²) in [7, 11) is 0. The first kappa shape index (κ1) is 15.5. The number of hydrogen-bond donors (Lipinski definition) is 0. The summed E-state index contributed by atoms with van der Waals surface area (Å²) in [6, 6.07) is 5.46. The molecule has 2 nitrogen and oxygen atoms in total. The molecule has 2 fully saturated rings. The van der Waals surface area contributed by atoms with Crippen LogP contribution in [0.1, 0.15) is 55.3 Å². The van der Waals surface area contributed by atoms with Gasteiger partial charge in [-0.2, -0.15) is 0 Å². The van der Waals surface area contributed by atoms with Crippen molar-refractivity contribution in [1.29, 1.82) is 0 Å². The molecule has 1 spiro atoms. The molecule has 1 aromatic rings. The molecule has 1 aromatic carbocycles. The third kappa shape index (κ3) is 3.35. The van der Waals surface area contributed by atoms with Gasteiger partial charge in [0.05, 0.1) is 10.6 Å². The lowest BCUT2D eigenvalue weighted by molar-refractivity contribution is -0.111. The van der Waals surface area contributed by atoms with E-state index in [9.17, 15) is 4.79 Å². The second-order valence-electron chi connectivity index (χ2n) is 6.27. The molecule has 114 valence electrons. The summed E-state index contributed by atoms with van der Waals surface area (Å²) >= 11 is 9.41. The molecule has 21 heavy (non-hydrogen) atoms. The van der Waals surface area contributed by atoms with E-state index >= 15 is 0 Å². The highest BCUT2D eigenvalue weighted by molar-refractivity contribution is 9.10. The highest BCUT2D eigenvalue weighted by atomic mass is 79.9. The van der Waals surface area contributed by atoms with Crippen molar-refractivity contribution in [3.8, 4) is 0 Å². The molecule has 1 atom stereocenters. The van der Waals surface area contributed by atoms with Crippen LogP contribution in [0.5, 0.6) is 0 Å². The average molecular weight is 372 g/mol. The van der Waals surface area contributed by atoms with Crippen molar-refractivity contribution in [2.75, 3.05) is 6.61 Å². The largest absolute Gasteiger partial charge is 0.375 e. The molecule has 0 bridgehead atoms. The van der Waals surface area contributed by atoms with Gasteiger partial charge in [-0.15, -0.1) is 0 Å². The van der Waals surface area contributed by atoms with Crippen molar-refractivity contribution < 1.29 is 9.53 Å². The lowest BCUT2D eigenvalue weighted by Gasteiger charge is -2.43. The van der Waals surface area contributed by atoms with Crippen molar-refractivity contribution in [2.24, 2.45) is 5.92 Å². The summed E-state index contributed by atoms with van der Waals surface area (Å²) < 4.78 is 6.87. The lowest BCUT2D eigenvalue weighted by atomic mass is 9.74. The van der Waals surface area contributed by atoms with Crippen molar-refractivity contribution in [3.63, 3.8) is 0 Å². The minimum atomic E-state index is -0.0273. The number of carbonyl (C=O) groups excluding carboxylic acids is 1. The topological polar surface area (TPSA) is 26.3 Å². The summed E-state index contributed by atoms with van der Waals surface area (Å²) in [4.78, 5) is 12.8. The smallest absolute Gasteiger partial charge is 0.166 e. The maximum absolute atomic E-state index is 12.8. The number of ether oxygens (including phenoxy) is 1. The van der Waals surface area contributed by atoms with Gasteiger partial charge in [-0.3, -0.25) is 4.79 Å². The normalized spacial score (nSPS) is 25.0. The second kappa shape index (κ2) is 6.39. The first-order valence-electron chi connectivity index (χ1n) is 7.73. The van der Waals surface area contributed by atoms with Gasteiger partial charge in [0.25, 0.3) is 0 Å². The molecule has 1 saturated heterocycles. The number of ketones is 1. The standard InChI is InChI=1S/C17H20BrClO2/c18-14-10-12(4-5-15(14)19)16(20)13-6-9-21-17(11-13)7-2-1-3-8-17/h4-5,10,13H,1-3,6-9,11H2. The third-order valence-electron chi connectivity index (χ3n) is 4.83. The first-order valence-corrected chi connectivity index (χ1v) is 8.90. The van der Waals surface area contributed by atoms with Gasteiger partial charge in [-0.25, -0.2) is 0 Å². The van der Waals surface area contributed by atoms with Gasteiger partial charge in [0.1, 0.15) is 0 Å². The monoisotopic (exact) mass is 370 g/mol. The summed E-state index contributed by atoms with van der Waals surface area (Å²) in [5.41, 5.74) is 0.727. The van der Waals surface area contributed by atoms with Gasteiger partial charge in [-0.05, 0) is 59.8 Å². The number of carbonyl (C=O) groups is 1. The molecule has 1 aliphatic heterocycles. The molecule has 1 aliphatic carbocycles. The maximum Gasteiger partial charge on any atom is 0.166 e. The van der Waals surface area contributed by atoms with Crippen LogP contribution < -0.4 is 0 Å². The molecular formula is C17H20BrClO2. The van der Waals surface area contributed by atoms with Crippen LogP contribution in [0, 0.1) is 5.92 Å². The molecule has 0 N–H and O–H groups in total. The van der Waals surface area contributed by atoms with Gasteiger partial charge in [0, 0.05) is 22.6 Å². The Bertz CT molecular complexity index is 532. The minimum Gasteiger partial charge on any atom is -0.375 e. The zero-order valence-corrected chi connectivity index (χ0v) is 14.4. The molecule has 3 rings (SSSR count). The van der Waals surface area contributed by atoms with Crippen LogP contribution in [0.4, 0.5) is 0 Å². The highest BCUT2D eigenvalue weighted by Gasteiger charge is 2.40. The molecule has 1 saturated carbocycles. The van der Waals surface area contributed by atoms with Gasteiger partial charge >= 0.3 is 0 Å². The Morgan fingerprint density at radius 1 is 1.29 bits per heavy atom. The Balaban J connectivity index is 1.76. The molecule has 0 aromatic heterocycles. The molecule has 2 aliphatic rings. The Morgan fingerprint density at radius 2 is 2.05 bits per heavy atom. The van der Waals surface area contributed by atoms with Gasteiger partial charge in [-0.1, -0.05) is 30.9 Å². The van der Waals surface area contributed by atoms with Gasteiger partial charge in [0.15, 0.2) is 5.78 Å².